The maximum absolute atomic E-state index is 13.0. The Bertz CT molecular complexity index is 1300. The number of anilines is 1. The number of nitrogens with zero attached hydrogens (tertiary/aromatic N) is 2. The van der Waals surface area contributed by atoms with E-state index in [0.717, 1.165) is 17.0 Å². The SMILES string of the molecule is COc1cccc(NC(=O)CCc2c(C)[nH]n(-c3nc(-c4ccc(C)cc4)cs3)c2=O)c1. The highest BCUT2D eigenvalue weighted by Gasteiger charge is 2.16. The summed E-state index contributed by atoms with van der Waals surface area (Å²) < 4.78 is 6.62. The molecule has 0 atom stereocenters. The lowest BCUT2D eigenvalue weighted by molar-refractivity contribution is -0.116. The van der Waals surface area contributed by atoms with Gasteiger partial charge in [0.25, 0.3) is 5.56 Å². The number of ether oxygens (including phenoxy) is 1. The molecule has 2 heterocycles. The van der Waals surface area contributed by atoms with Crippen molar-refractivity contribution < 1.29 is 9.53 Å². The number of thiazole rings is 1. The van der Waals surface area contributed by atoms with Crippen molar-refractivity contribution in [3.63, 3.8) is 0 Å². The highest BCUT2D eigenvalue weighted by atomic mass is 32.1. The van der Waals surface area contributed by atoms with Crippen LogP contribution in [0, 0.1) is 13.8 Å². The van der Waals surface area contributed by atoms with E-state index in [9.17, 15) is 9.59 Å². The first-order valence-corrected chi connectivity index (χ1v) is 11.1. The Balaban J connectivity index is 1.47. The van der Waals surface area contributed by atoms with Gasteiger partial charge in [0, 0.05) is 40.4 Å². The van der Waals surface area contributed by atoms with Gasteiger partial charge in [0.05, 0.1) is 12.8 Å². The van der Waals surface area contributed by atoms with Crippen LogP contribution in [-0.2, 0) is 11.2 Å². The van der Waals surface area contributed by atoms with Crippen molar-refractivity contribution in [2.45, 2.75) is 26.7 Å². The van der Waals surface area contributed by atoms with Gasteiger partial charge in [-0.3, -0.25) is 14.7 Å². The second-order valence-corrected chi connectivity index (χ2v) is 8.35. The van der Waals surface area contributed by atoms with E-state index in [4.69, 9.17) is 4.74 Å². The Labute approximate surface area is 189 Å². The molecule has 32 heavy (non-hydrogen) atoms. The molecule has 0 aliphatic rings. The van der Waals surface area contributed by atoms with Crippen LogP contribution < -0.4 is 15.6 Å². The summed E-state index contributed by atoms with van der Waals surface area (Å²) in [6.07, 6.45) is 0.526. The van der Waals surface area contributed by atoms with Crippen molar-refractivity contribution >= 4 is 22.9 Å². The summed E-state index contributed by atoms with van der Waals surface area (Å²) >= 11 is 1.40. The zero-order chi connectivity index (χ0) is 22.7. The Morgan fingerprint density at radius 2 is 1.97 bits per heavy atom. The number of H-pyrrole nitrogens is 1. The Morgan fingerprint density at radius 3 is 2.72 bits per heavy atom. The summed E-state index contributed by atoms with van der Waals surface area (Å²) in [7, 11) is 1.58. The minimum Gasteiger partial charge on any atom is -0.497 e. The van der Waals surface area contributed by atoms with Gasteiger partial charge in [-0.05, 0) is 32.4 Å². The van der Waals surface area contributed by atoms with Crippen LogP contribution in [0.3, 0.4) is 0 Å². The molecule has 4 rings (SSSR count). The number of hydrogen-bond donors (Lipinski definition) is 2. The predicted molar refractivity (Wildman–Crippen MR) is 127 cm³/mol. The molecule has 1 amide bonds. The third-order valence-corrected chi connectivity index (χ3v) is 6.01. The highest BCUT2D eigenvalue weighted by molar-refractivity contribution is 7.12. The number of carbonyl (C=O) groups excluding carboxylic acids is 1. The lowest BCUT2D eigenvalue weighted by atomic mass is 10.1. The molecule has 164 valence electrons. The summed E-state index contributed by atoms with van der Waals surface area (Å²) in [6, 6.07) is 15.3. The molecule has 2 N–H and O–H groups in total. The lowest BCUT2D eigenvalue weighted by Gasteiger charge is -2.06. The van der Waals surface area contributed by atoms with Gasteiger partial charge in [0.15, 0.2) is 0 Å². The van der Waals surface area contributed by atoms with Crippen LogP contribution in [0.25, 0.3) is 16.4 Å². The summed E-state index contributed by atoms with van der Waals surface area (Å²) in [5.74, 6) is 0.501. The molecule has 0 saturated carbocycles. The number of nitrogens with one attached hydrogen (secondary N) is 2. The Morgan fingerprint density at radius 1 is 1.19 bits per heavy atom. The van der Waals surface area contributed by atoms with E-state index in [-0.39, 0.29) is 17.9 Å². The van der Waals surface area contributed by atoms with E-state index in [1.165, 1.54) is 21.6 Å². The fourth-order valence-electron chi connectivity index (χ4n) is 3.40. The van der Waals surface area contributed by atoms with Crippen LogP contribution in [-0.4, -0.2) is 27.8 Å². The zero-order valence-electron chi connectivity index (χ0n) is 18.1. The normalized spacial score (nSPS) is 10.8. The maximum atomic E-state index is 13.0. The molecule has 0 fully saturated rings. The number of methoxy groups -OCH3 is 1. The van der Waals surface area contributed by atoms with Crippen LogP contribution in [0.5, 0.6) is 5.75 Å². The molecule has 7 nitrogen and oxygen atoms in total. The van der Waals surface area contributed by atoms with Gasteiger partial charge in [-0.25, -0.2) is 4.98 Å². The first-order valence-electron chi connectivity index (χ1n) is 10.2. The molecule has 4 aromatic rings. The van der Waals surface area contributed by atoms with Gasteiger partial charge in [-0.15, -0.1) is 11.3 Å². The summed E-state index contributed by atoms with van der Waals surface area (Å²) in [5.41, 5.74) is 4.80. The average Bonchev–Trinajstić information content (AvgIpc) is 3.38. The van der Waals surface area contributed by atoms with Crippen LogP contribution in [0.2, 0.25) is 0 Å². The number of hydrogen-bond acceptors (Lipinski definition) is 5. The molecular formula is C24H24N4O3S. The average molecular weight is 449 g/mol. The number of benzene rings is 2. The third kappa shape index (κ3) is 4.65. The number of aromatic nitrogens is 3. The molecule has 2 aromatic heterocycles. The molecule has 0 radical (unpaired) electrons. The van der Waals surface area contributed by atoms with Crippen LogP contribution >= 0.6 is 11.3 Å². The van der Waals surface area contributed by atoms with Crippen molar-refractivity contribution in [3.05, 3.63) is 81.1 Å². The first-order chi connectivity index (χ1) is 15.4. The number of rotatable bonds is 7. The molecule has 2 aromatic carbocycles. The van der Waals surface area contributed by atoms with Crippen molar-refractivity contribution in [2.75, 3.05) is 12.4 Å². The monoisotopic (exact) mass is 448 g/mol. The molecule has 0 unspecified atom stereocenters. The lowest BCUT2D eigenvalue weighted by Crippen LogP contribution is -2.19. The molecule has 0 bridgehead atoms. The second-order valence-electron chi connectivity index (χ2n) is 7.52. The van der Waals surface area contributed by atoms with Crippen LogP contribution in [0.4, 0.5) is 5.69 Å². The fourth-order valence-corrected chi connectivity index (χ4v) is 4.19. The largest absolute Gasteiger partial charge is 0.497 e. The van der Waals surface area contributed by atoms with Gasteiger partial charge in [0.2, 0.25) is 11.0 Å². The number of carbonyl (C=O) groups is 1. The minimum atomic E-state index is -0.179. The van der Waals surface area contributed by atoms with Crippen molar-refractivity contribution in [1.82, 2.24) is 14.8 Å². The number of aromatic amines is 1. The van der Waals surface area contributed by atoms with Gasteiger partial charge < -0.3 is 10.1 Å². The number of amides is 1. The van der Waals surface area contributed by atoms with Gasteiger partial charge in [-0.1, -0.05) is 35.9 Å². The first kappa shape index (κ1) is 21.6. The third-order valence-electron chi connectivity index (χ3n) is 5.18. The molecule has 0 aliphatic heterocycles. The quantitative estimate of drug-likeness (QED) is 0.436. The Hall–Kier alpha value is -3.65. The zero-order valence-corrected chi connectivity index (χ0v) is 19.0. The van der Waals surface area contributed by atoms with Crippen molar-refractivity contribution in [2.24, 2.45) is 0 Å². The smallest absolute Gasteiger partial charge is 0.276 e. The van der Waals surface area contributed by atoms with E-state index in [0.29, 0.717) is 28.6 Å². The maximum Gasteiger partial charge on any atom is 0.276 e. The highest BCUT2D eigenvalue weighted by Crippen LogP contribution is 2.24. The van der Waals surface area contributed by atoms with Crippen molar-refractivity contribution in [3.8, 4) is 22.1 Å². The van der Waals surface area contributed by atoms with Crippen molar-refractivity contribution in [1.29, 1.82) is 0 Å². The van der Waals surface area contributed by atoms with E-state index in [2.05, 4.69) is 15.4 Å². The molecular weight excluding hydrogens is 424 g/mol. The van der Waals surface area contributed by atoms with E-state index >= 15 is 0 Å². The standard InChI is InChI=1S/C24H24N4O3S/c1-15-7-9-17(10-8-15)21-14-32-24(26-21)28-23(30)20(16(2)27-28)11-12-22(29)25-18-5-4-6-19(13-18)31-3/h4-10,13-14,27H,11-12H2,1-3H3,(H,25,29). The van der Waals surface area contributed by atoms with Crippen LogP contribution in [0.15, 0.2) is 58.7 Å². The Kier molecular flexibility index (Phi) is 6.23. The van der Waals surface area contributed by atoms with E-state index in [1.54, 1.807) is 19.2 Å². The van der Waals surface area contributed by atoms with Gasteiger partial charge >= 0.3 is 0 Å². The van der Waals surface area contributed by atoms with Gasteiger partial charge in [-0.2, -0.15) is 4.68 Å². The summed E-state index contributed by atoms with van der Waals surface area (Å²) in [4.78, 5) is 30.0. The molecule has 0 aliphatic carbocycles. The molecule has 0 spiro atoms. The summed E-state index contributed by atoms with van der Waals surface area (Å²) in [6.45, 7) is 3.87. The second kappa shape index (κ2) is 9.23. The summed E-state index contributed by atoms with van der Waals surface area (Å²) in [5, 5.41) is 8.44. The predicted octanol–water partition coefficient (Wildman–Crippen LogP) is 4.49. The van der Waals surface area contributed by atoms with Gasteiger partial charge in [0.1, 0.15) is 5.75 Å². The molecule has 8 heteroatoms. The topological polar surface area (TPSA) is 89.0 Å². The van der Waals surface area contributed by atoms with E-state index in [1.807, 2.05) is 55.6 Å². The van der Waals surface area contributed by atoms with Crippen LogP contribution in [0.1, 0.15) is 23.2 Å². The number of aryl methyl sites for hydroxylation is 2. The van der Waals surface area contributed by atoms with E-state index < -0.39 is 0 Å². The molecule has 0 saturated heterocycles. The minimum absolute atomic E-state index is 0.166. The fraction of sp³-hybridized carbons (Fsp3) is 0.208.